The summed E-state index contributed by atoms with van der Waals surface area (Å²) >= 11 is 19.0. The van der Waals surface area contributed by atoms with Crippen molar-refractivity contribution in [1.82, 2.24) is 4.90 Å². The van der Waals surface area contributed by atoms with E-state index in [0.29, 0.717) is 69.5 Å². The molecular weight excluding hydrogens is 545 g/mol. The Bertz CT molecular complexity index is 1490. The summed E-state index contributed by atoms with van der Waals surface area (Å²) in [6.07, 6.45) is 0. The molecular formula is C29H24Cl3N3O3. The third-order valence-electron chi connectivity index (χ3n) is 6.44. The number of halogens is 3. The Hall–Kier alpha value is -3.45. The first-order valence-corrected chi connectivity index (χ1v) is 13.2. The summed E-state index contributed by atoms with van der Waals surface area (Å²) in [6.45, 7) is 4.21. The zero-order valence-electron chi connectivity index (χ0n) is 20.5. The molecule has 1 aliphatic rings. The van der Waals surface area contributed by atoms with Crippen LogP contribution >= 0.6 is 34.8 Å². The van der Waals surface area contributed by atoms with Crippen LogP contribution in [0.4, 0.5) is 11.4 Å². The Morgan fingerprint density at radius 1 is 0.842 bits per heavy atom. The van der Waals surface area contributed by atoms with E-state index in [1.54, 1.807) is 48.5 Å². The number of amides is 2. The van der Waals surface area contributed by atoms with Crippen LogP contribution in [0.2, 0.25) is 15.1 Å². The van der Waals surface area contributed by atoms with Crippen LogP contribution in [0.1, 0.15) is 26.5 Å². The lowest BCUT2D eigenvalue weighted by atomic mass is 10.1. The average molecular weight is 569 g/mol. The predicted octanol–water partition coefficient (Wildman–Crippen LogP) is 7.43. The fourth-order valence-electron chi connectivity index (χ4n) is 4.42. The lowest BCUT2D eigenvalue weighted by Crippen LogP contribution is -2.49. The molecule has 0 saturated carbocycles. The van der Waals surface area contributed by atoms with E-state index < -0.39 is 5.91 Å². The van der Waals surface area contributed by atoms with Crippen molar-refractivity contribution in [2.24, 2.45) is 0 Å². The van der Waals surface area contributed by atoms with Gasteiger partial charge < -0.3 is 19.5 Å². The van der Waals surface area contributed by atoms with Gasteiger partial charge in [0, 0.05) is 42.3 Å². The molecule has 5 rings (SSSR count). The normalized spacial score (nSPS) is 13.5. The molecule has 1 aliphatic heterocycles. The van der Waals surface area contributed by atoms with Gasteiger partial charge in [-0.05, 0) is 61.5 Å². The SMILES string of the molecule is Cc1ccc(C(=O)N2CCN(c3c(Cl)cccc3NC(=O)c3ccc(-c4cc(Cl)ccc4Cl)o3)CC2)cc1. The number of nitrogens with zero attached hydrogens (tertiary/aromatic N) is 2. The Morgan fingerprint density at radius 3 is 2.32 bits per heavy atom. The molecule has 3 aromatic carbocycles. The second kappa shape index (κ2) is 11.1. The summed E-state index contributed by atoms with van der Waals surface area (Å²) < 4.78 is 5.80. The number of rotatable bonds is 5. The number of nitrogens with one attached hydrogen (secondary N) is 1. The lowest BCUT2D eigenvalue weighted by Gasteiger charge is -2.37. The highest BCUT2D eigenvalue weighted by atomic mass is 35.5. The molecule has 6 nitrogen and oxygen atoms in total. The van der Waals surface area contributed by atoms with E-state index in [4.69, 9.17) is 39.2 Å². The molecule has 9 heteroatoms. The summed E-state index contributed by atoms with van der Waals surface area (Å²) in [5.74, 6) is 0.135. The van der Waals surface area contributed by atoms with Crippen LogP contribution in [0.5, 0.6) is 0 Å². The van der Waals surface area contributed by atoms with Gasteiger partial charge in [0.05, 0.1) is 21.4 Å². The molecule has 1 aromatic heterocycles. The van der Waals surface area contributed by atoms with E-state index in [1.807, 2.05) is 36.1 Å². The molecule has 2 heterocycles. The Labute approximate surface area is 235 Å². The van der Waals surface area contributed by atoms with Gasteiger partial charge in [-0.2, -0.15) is 0 Å². The minimum atomic E-state index is -0.425. The van der Waals surface area contributed by atoms with Gasteiger partial charge in [-0.3, -0.25) is 9.59 Å². The fraction of sp³-hybridized carbons (Fsp3) is 0.172. The number of hydrogen-bond acceptors (Lipinski definition) is 4. The standard InChI is InChI=1S/C29H24Cl3N3O3/c1-18-5-7-19(8-6-18)29(37)35-15-13-34(14-16-35)27-23(32)3-2-4-24(27)33-28(36)26-12-11-25(38-26)21-17-20(30)9-10-22(21)31/h2-12,17H,13-16H2,1H3,(H,33,36). The second-order valence-electron chi connectivity index (χ2n) is 9.02. The van der Waals surface area contributed by atoms with Crippen LogP contribution in [0.3, 0.4) is 0 Å². The van der Waals surface area contributed by atoms with Crippen LogP contribution in [0.15, 0.2) is 77.2 Å². The van der Waals surface area contributed by atoms with E-state index in [1.165, 1.54) is 0 Å². The quantitative estimate of drug-likeness (QED) is 0.272. The summed E-state index contributed by atoms with van der Waals surface area (Å²) in [4.78, 5) is 29.9. The molecule has 1 saturated heterocycles. The summed E-state index contributed by atoms with van der Waals surface area (Å²) in [5, 5.41) is 4.40. The Morgan fingerprint density at radius 2 is 1.58 bits per heavy atom. The van der Waals surface area contributed by atoms with Gasteiger partial charge >= 0.3 is 0 Å². The summed E-state index contributed by atoms with van der Waals surface area (Å²) in [7, 11) is 0. The molecule has 0 aliphatic carbocycles. The number of para-hydroxylation sites is 1. The van der Waals surface area contributed by atoms with Gasteiger partial charge in [0.15, 0.2) is 5.76 Å². The van der Waals surface area contributed by atoms with E-state index >= 15 is 0 Å². The van der Waals surface area contributed by atoms with Crippen molar-refractivity contribution in [3.05, 3.63) is 105 Å². The zero-order valence-corrected chi connectivity index (χ0v) is 22.8. The molecule has 0 bridgehead atoms. The molecule has 2 amide bonds. The molecule has 0 radical (unpaired) electrons. The highest BCUT2D eigenvalue weighted by Crippen LogP contribution is 2.36. The van der Waals surface area contributed by atoms with Gasteiger partial charge in [0.25, 0.3) is 11.8 Å². The van der Waals surface area contributed by atoms with Crippen LogP contribution in [0.25, 0.3) is 11.3 Å². The average Bonchev–Trinajstić information content (AvgIpc) is 3.41. The van der Waals surface area contributed by atoms with Crippen LogP contribution < -0.4 is 10.2 Å². The van der Waals surface area contributed by atoms with Crippen molar-refractivity contribution in [1.29, 1.82) is 0 Å². The highest BCUT2D eigenvalue weighted by molar-refractivity contribution is 6.35. The predicted molar refractivity (Wildman–Crippen MR) is 153 cm³/mol. The number of hydrogen-bond donors (Lipinski definition) is 1. The minimum Gasteiger partial charge on any atom is -0.451 e. The number of carbonyl (C=O) groups is 2. The van der Waals surface area contributed by atoms with Crippen molar-refractivity contribution in [2.75, 3.05) is 36.4 Å². The first kappa shape index (κ1) is 26.2. The van der Waals surface area contributed by atoms with Gasteiger partial charge in [-0.15, -0.1) is 0 Å². The van der Waals surface area contributed by atoms with Crippen molar-refractivity contribution in [3.8, 4) is 11.3 Å². The van der Waals surface area contributed by atoms with E-state index in [0.717, 1.165) is 5.56 Å². The van der Waals surface area contributed by atoms with Crippen molar-refractivity contribution >= 4 is 58.0 Å². The smallest absolute Gasteiger partial charge is 0.291 e. The number of aryl methyl sites for hydroxylation is 1. The third kappa shape index (κ3) is 5.53. The highest BCUT2D eigenvalue weighted by Gasteiger charge is 2.26. The monoisotopic (exact) mass is 567 g/mol. The molecule has 0 unspecified atom stereocenters. The van der Waals surface area contributed by atoms with Gasteiger partial charge in [0.2, 0.25) is 0 Å². The first-order valence-electron chi connectivity index (χ1n) is 12.1. The topological polar surface area (TPSA) is 65.8 Å². The van der Waals surface area contributed by atoms with E-state index in [9.17, 15) is 9.59 Å². The number of piperazine rings is 1. The van der Waals surface area contributed by atoms with Crippen LogP contribution in [-0.2, 0) is 0 Å². The van der Waals surface area contributed by atoms with Crippen LogP contribution in [0, 0.1) is 6.92 Å². The number of carbonyl (C=O) groups excluding carboxylic acids is 2. The first-order chi connectivity index (χ1) is 18.3. The fourth-order valence-corrected chi connectivity index (χ4v) is 5.10. The molecule has 0 atom stereocenters. The molecule has 4 aromatic rings. The maximum Gasteiger partial charge on any atom is 0.291 e. The second-order valence-corrected chi connectivity index (χ2v) is 10.3. The molecule has 1 fully saturated rings. The molecule has 38 heavy (non-hydrogen) atoms. The molecule has 194 valence electrons. The number of anilines is 2. The van der Waals surface area contributed by atoms with Crippen molar-refractivity contribution in [3.63, 3.8) is 0 Å². The summed E-state index contributed by atoms with van der Waals surface area (Å²) in [5.41, 5.74) is 3.64. The van der Waals surface area contributed by atoms with Crippen molar-refractivity contribution < 1.29 is 14.0 Å². The number of benzene rings is 3. The van der Waals surface area contributed by atoms with Gasteiger partial charge in [-0.25, -0.2) is 0 Å². The van der Waals surface area contributed by atoms with Crippen molar-refractivity contribution in [2.45, 2.75) is 6.92 Å². The van der Waals surface area contributed by atoms with E-state index in [-0.39, 0.29) is 11.7 Å². The minimum absolute atomic E-state index is 0.00534. The van der Waals surface area contributed by atoms with E-state index in [2.05, 4.69) is 10.2 Å². The third-order valence-corrected chi connectivity index (χ3v) is 7.31. The number of furan rings is 1. The maximum absolute atomic E-state index is 13.1. The molecule has 0 spiro atoms. The van der Waals surface area contributed by atoms with Gasteiger partial charge in [0.1, 0.15) is 5.76 Å². The van der Waals surface area contributed by atoms with Crippen LogP contribution in [-0.4, -0.2) is 42.9 Å². The molecule has 1 N–H and O–H groups in total. The lowest BCUT2D eigenvalue weighted by molar-refractivity contribution is 0.0746. The maximum atomic E-state index is 13.1. The largest absolute Gasteiger partial charge is 0.451 e. The Kier molecular flexibility index (Phi) is 7.65. The Balaban J connectivity index is 1.30. The zero-order chi connectivity index (χ0) is 26.8. The van der Waals surface area contributed by atoms with Gasteiger partial charge in [-0.1, -0.05) is 58.6 Å². The summed E-state index contributed by atoms with van der Waals surface area (Å²) in [6, 6.07) is 21.2.